The van der Waals surface area contributed by atoms with E-state index >= 15 is 0 Å². The minimum atomic E-state index is -0.444. The van der Waals surface area contributed by atoms with Crippen molar-refractivity contribution < 1.29 is 9.18 Å². The molecule has 1 amide bonds. The van der Waals surface area contributed by atoms with Gasteiger partial charge in [0.1, 0.15) is 5.82 Å². The SMILES string of the molecule is C[C@@H](NC(=O)c1cccc(F)c1Br)c1ccccc1. The molecule has 0 aliphatic carbocycles. The van der Waals surface area contributed by atoms with Crippen LogP contribution in [0.4, 0.5) is 4.39 Å². The van der Waals surface area contributed by atoms with Crippen molar-refractivity contribution in [3.05, 3.63) is 69.9 Å². The van der Waals surface area contributed by atoms with E-state index in [1.165, 1.54) is 12.1 Å². The minimum Gasteiger partial charge on any atom is -0.345 e. The molecule has 0 aliphatic rings. The lowest BCUT2D eigenvalue weighted by Crippen LogP contribution is -2.27. The Hall–Kier alpha value is -1.68. The van der Waals surface area contributed by atoms with Gasteiger partial charge in [0.25, 0.3) is 5.91 Å². The zero-order valence-electron chi connectivity index (χ0n) is 10.4. The van der Waals surface area contributed by atoms with E-state index in [-0.39, 0.29) is 16.4 Å². The van der Waals surface area contributed by atoms with Gasteiger partial charge in [-0.3, -0.25) is 4.79 Å². The first-order valence-corrected chi connectivity index (χ1v) is 6.68. The number of benzene rings is 2. The molecule has 0 saturated heterocycles. The van der Waals surface area contributed by atoms with Gasteiger partial charge in [-0.1, -0.05) is 36.4 Å². The van der Waals surface area contributed by atoms with E-state index in [9.17, 15) is 9.18 Å². The predicted octanol–water partition coefficient (Wildman–Crippen LogP) is 4.08. The first kappa shape index (κ1) is 13.7. The Morgan fingerprint density at radius 2 is 1.84 bits per heavy atom. The van der Waals surface area contributed by atoms with E-state index in [2.05, 4.69) is 21.2 Å². The third-order valence-electron chi connectivity index (χ3n) is 2.84. The molecule has 1 N–H and O–H groups in total. The summed E-state index contributed by atoms with van der Waals surface area (Å²) in [7, 11) is 0. The molecule has 0 fully saturated rings. The highest BCUT2D eigenvalue weighted by Gasteiger charge is 2.15. The molecule has 2 aromatic carbocycles. The van der Waals surface area contributed by atoms with Crippen molar-refractivity contribution in [2.75, 3.05) is 0 Å². The highest BCUT2D eigenvalue weighted by molar-refractivity contribution is 9.10. The number of hydrogen-bond donors (Lipinski definition) is 1. The molecule has 0 heterocycles. The fourth-order valence-corrected chi connectivity index (χ4v) is 2.22. The third kappa shape index (κ3) is 3.20. The Morgan fingerprint density at radius 1 is 1.16 bits per heavy atom. The summed E-state index contributed by atoms with van der Waals surface area (Å²) >= 11 is 3.09. The van der Waals surface area contributed by atoms with Gasteiger partial charge in [-0.25, -0.2) is 4.39 Å². The Balaban J connectivity index is 2.16. The van der Waals surface area contributed by atoms with Crippen LogP contribution in [0.3, 0.4) is 0 Å². The van der Waals surface area contributed by atoms with Crippen molar-refractivity contribution in [2.24, 2.45) is 0 Å². The summed E-state index contributed by atoms with van der Waals surface area (Å²) < 4.78 is 13.6. The van der Waals surface area contributed by atoms with Crippen molar-refractivity contribution in [2.45, 2.75) is 13.0 Å². The molecule has 2 aromatic rings. The molecular weight excluding hydrogens is 309 g/mol. The zero-order valence-corrected chi connectivity index (χ0v) is 11.9. The van der Waals surface area contributed by atoms with Crippen molar-refractivity contribution in [3.8, 4) is 0 Å². The van der Waals surface area contributed by atoms with Crippen LogP contribution in [0, 0.1) is 5.82 Å². The summed E-state index contributed by atoms with van der Waals surface area (Å²) in [6, 6.07) is 13.9. The van der Waals surface area contributed by atoms with Crippen molar-refractivity contribution in [1.29, 1.82) is 0 Å². The average molecular weight is 322 g/mol. The summed E-state index contributed by atoms with van der Waals surface area (Å²) in [5, 5.41) is 2.84. The van der Waals surface area contributed by atoms with E-state index in [1.54, 1.807) is 6.07 Å². The second-order valence-electron chi connectivity index (χ2n) is 4.21. The van der Waals surface area contributed by atoms with E-state index in [0.29, 0.717) is 5.56 Å². The third-order valence-corrected chi connectivity index (χ3v) is 3.65. The molecule has 0 saturated carbocycles. The standard InChI is InChI=1S/C15H13BrFNO/c1-10(11-6-3-2-4-7-11)18-15(19)12-8-5-9-13(17)14(12)16/h2-10H,1H3,(H,18,19)/t10-/m1/s1. The topological polar surface area (TPSA) is 29.1 Å². The quantitative estimate of drug-likeness (QED) is 0.906. The maximum atomic E-state index is 13.4. The van der Waals surface area contributed by atoms with Gasteiger partial charge in [0.2, 0.25) is 0 Å². The van der Waals surface area contributed by atoms with Gasteiger partial charge < -0.3 is 5.32 Å². The maximum Gasteiger partial charge on any atom is 0.253 e. The van der Waals surface area contributed by atoms with Gasteiger partial charge in [-0.15, -0.1) is 0 Å². The van der Waals surface area contributed by atoms with Crippen LogP contribution in [0.5, 0.6) is 0 Å². The van der Waals surface area contributed by atoms with Crippen LogP contribution in [-0.4, -0.2) is 5.91 Å². The van der Waals surface area contributed by atoms with Crippen molar-refractivity contribution in [3.63, 3.8) is 0 Å². The Morgan fingerprint density at radius 3 is 2.53 bits per heavy atom. The minimum absolute atomic E-state index is 0.135. The van der Waals surface area contributed by atoms with Crippen LogP contribution in [0.25, 0.3) is 0 Å². The molecule has 2 nitrogen and oxygen atoms in total. The van der Waals surface area contributed by atoms with Crippen LogP contribution >= 0.6 is 15.9 Å². The molecule has 1 atom stereocenters. The second kappa shape index (κ2) is 5.97. The number of carbonyl (C=O) groups is 1. The average Bonchev–Trinajstić information content (AvgIpc) is 2.42. The Kier molecular flexibility index (Phi) is 4.32. The molecule has 19 heavy (non-hydrogen) atoms. The molecule has 2 rings (SSSR count). The Labute approximate surface area is 119 Å². The monoisotopic (exact) mass is 321 g/mol. The number of halogens is 2. The second-order valence-corrected chi connectivity index (χ2v) is 5.00. The van der Waals surface area contributed by atoms with Crippen molar-refractivity contribution in [1.82, 2.24) is 5.32 Å². The summed E-state index contributed by atoms with van der Waals surface area (Å²) in [6.07, 6.45) is 0. The smallest absolute Gasteiger partial charge is 0.253 e. The van der Waals surface area contributed by atoms with Gasteiger partial charge in [-0.05, 0) is 40.5 Å². The van der Waals surface area contributed by atoms with E-state index < -0.39 is 5.82 Å². The van der Waals surface area contributed by atoms with Crippen LogP contribution in [0.1, 0.15) is 28.9 Å². The number of nitrogens with one attached hydrogen (secondary N) is 1. The zero-order chi connectivity index (χ0) is 13.8. The summed E-state index contributed by atoms with van der Waals surface area (Å²) in [6.45, 7) is 1.89. The van der Waals surface area contributed by atoms with Crippen LogP contribution in [0.2, 0.25) is 0 Å². The lowest BCUT2D eigenvalue weighted by atomic mass is 10.1. The molecule has 0 aliphatic heterocycles. The van der Waals surface area contributed by atoms with E-state index in [4.69, 9.17) is 0 Å². The molecular formula is C15H13BrFNO. The molecule has 4 heteroatoms. The predicted molar refractivity (Wildman–Crippen MR) is 76.4 cm³/mol. The first-order chi connectivity index (χ1) is 9.09. The highest BCUT2D eigenvalue weighted by Crippen LogP contribution is 2.21. The highest BCUT2D eigenvalue weighted by atomic mass is 79.9. The fourth-order valence-electron chi connectivity index (χ4n) is 1.78. The maximum absolute atomic E-state index is 13.4. The molecule has 0 aromatic heterocycles. The molecule has 0 bridgehead atoms. The van der Waals surface area contributed by atoms with Gasteiger partial charge in [0.05, 0.1) is 16.1 Å². The number of carbonyl (C=O) groups excluding carboxylic acids is 1. The summed E-state index contributed by atoms with van der Waals surface area (Å²) in [4.78, 5) is 12.1. The van der Waals surface area contributed by atoms with E-state index in [1.807, 2.05) is 37.3 Å². The van der Waals surface area contributed by atoms with Gasteiger partial charge in [-0.2, -0.15) is 0 Å². The van der Waals surface area contributed by atoms with Gasteiger partial charge in [0.15, 0.2) is 0 Å². The lowest BCUT2D eigenvalue weighted by Gasteiger charge is -2.15. The summed E-state index contributed by atoms with van der Waals surface area (Å²) in [5.74, 6) is -0.747. The molecule has 0 radical (unpaired) electrons. The van der Waals surface area contributed by atoms with Crippen LogP contribution in [0.15, 0.2) is 53.0 Å². The normalized spacial score (nSPS) is 11.9. The van der Waals surface area contributed by atoms with Crippen LogP contribution < -0.4 is 5.32 Å². The number of amides is 1. The number of rotatable bonds is 3. The number of hydrogen-bond acceptors (Lipinski definition) is 1. The Bertz CT molecular complexity index is 586. The molecule has 0 spiro atoms. The largest absolute Gasteiger partial charge is 0.345 e. The fraction of sp³-hybridized carbons (Fsp3) is 0.133. The van der Waals surface area contributed by atoms with E-state index in [0.717, 1.165) is 5.56 Å². The first-order valence-electron chi connectivity index (χ1n) is 5.89. The summed E-state index contributed by atoms with van der Waals surface area (Å²) in [5.41, 5.74) is 1.30. The molecule has 0 unspecified atom stereocenters. The van der Waals surface area contributed by atoms with Crippen LogP contribution in [-0.2, 0) is 0 Å². The van der Waals surface area contributed by atoms with Gasteiger partial charge >= 0.3 is 0 Å². The van der Waals surface area contributed by atoms with Gasteiger partial charge in [0, 0.05) is 0 Å². The lowest BCUT2D eigenvalue weighted by molar-refractivity contribution is 0.0938. The molecule has 98 valence electrons. The van der Waals surface area contributed by atoms with Crippen molar-refractivity contribution >= 4 is 21.8 Å².